The van der Waals surface area contributed by atoms with Crippen LogP contribution in [0.3, 0.4) is 0 Å². The van der Waals surface area contributed by atoms with Gasteiger partial charge >= 0.3 is 18.1 Å². The number of likely N-dealkylation sites (tertiary alicyclic amines) is 2. The molecule has 104 heavy (non-hydrogen) atoms. The zero-order valence-electron chi connectivity index (χ0n) is 60.2. The van der Waals surface area contributed by atoms with Crippen molar-refractivity contribution in [1.29, 1.82) is 0 Å². The lowest BCUT2D eigenvalue weighted by atomic mass is 9.86. The van der Waals surface area contributed by atoms with Crippen molar-refractivity contribution in [2.75, 3.05) is 98.7 Å². The minimum Gasteiger partial charge on any atom is -0.494 e. The molecule has 5 aliphatic heterocycles. The standard InChI is InChI=1S/C76H87F2N11O14S/c1-12-56-60(77)21-17-48-32-55(101-44-95-10)35-58(66(48)56)68-67(78)69-59(38-79-68)71(87-41-51-18-19-52(42-87)89(51)74(92)103-75(5,6)7)81-73(80-69)100-43-76(25-14-26-84(76)8)72(91)86-27-23-53(24-28-86)98-29-30-99-54-20-22-64-62(36-54)102-46(4)39-88(104(64,93)94)40-50-31-47(16-15-45(50)3)57(37-65(90)97-13-2)49-33-61-70(63(34-49)96-11)85(9)83-82-61/h1,15-17,20-22,31-36,38,46,51-53,57H,13-14,18-19,23-30,37,39-44H2,2-11H3/t46-,51-,52+,57?,76-/m1/s1. The number of likely N-dealkylation sites (N-methyl/N-ethyl adjacent to an activating group) is 1. The molecular formula is C76H87F2N11O14S. The van der Waals surface area contributed by atoms with Crippen LogP contribution in [0.25, 0.3) is 44.0 Å². The number of benzene rings is 5. The molecule has 13 rings (SSSR count). The van der Waals surface area contributed by atoms with Crippen LogP contribution >= 0.6 is 0 Å². The van der Waals surface area contributed by atoms with Gasteiger partial charge in [-0.1, -0.05) is 35.4 Å². The fourth-order valence-corrected chi connectivity index (χ4v) is 16.8. The number of esters is 1. The van der Waals surface area contributed by atoms with E-state index >= 15 is 13.6 Å². The highest BCUT2D eigenvalue weighted by atomic mass is 32.2. The van der Waals surface area contributed by atoms with Gasteiger partial charge in [-0.05, 0) is 164 Å². The quantitative estimate of drug-likeness (QED) is 0.0264. The van der Waals surface area contributed by atoms with Crippen molar-refractivity contribution >= 4 is 66.5 Å². The summed E-state index contributed by atoms with van der Waals surface area (Å²) >= 11 is 0. The number of carbonyl (C=O) groups is 3. The Morgan fingerprint density at radius 2 is 1.65 bits per heavy atom. The number of terminal acetylenes is 1. The second-order valence-electron chi connectivity index (χ2n) is 28.3. The SMILES string of the molecule is C#Cc1c(F)ccc2cc(OCOC)cc(-c3ncc4c(N5C[C@H]6CC[C@@H](C5)N6C(=O)OC(C)(C)C)nc(OC[C@@]5(C(=O)N6CCC(OCCOc7ccc8c(c7)O[C@H](C)CN(Cc7cc(C(CC(=O)OCC)c9cc(OC)c%10c(c9)nnn%10C)ccc7C)S8(=O)=O)CC6)CCCN5C)nc4c3F)c12. The van der Waals surface area contributed by atoms with Gasteiger partial charge in [0.25, 0.3) is 0 Å². The zero-order valence-corrected chi connectivity index (χ0v) is 61.0. The maximum Gasteiger partial charge on any atom is 0.410 e. The van der Waals surface area contributed by atoms with Gasteiger partial charge in [0.2, 0.25) is 15.9 Å². The van der Waals surface area contributed by atoms with Crippen LogP contribution in [0.4, 0.5) is 19.4 Å². The van der Waals surface area contributed by atoms with Crippen molar-refractivity contribution in [2.24, 2.45) is 7.05 Å². The molecule has 28 heteroatoms. The van der Waals surface area contributed by atoms with E-state index in [0.717, 1.165) is 22.3 Å². The van der Waals surface area contributed by atoms with E-state index in [1.165, 1.54) is 41.9 Å². The number of aromatic nitrogens is 6. The molecule has 25 nitrogen and oxygen atoms in total. The predicted molar refractivity (Wildman–Crippen MR) is 382 cm³/mol. The number of anilines is 1. The van der Waals surface area contributed by atoms with Crippen LogP contribution in [-0.4, -0.2) is 205 Å². The molecule has 8 aromatic rings. The number of pyridine rings is 1. The smallest absolute Gasteiger partial charge is 0.410 e. The van der Waals surface area contributed by atoms with Gasteiger partial charge in [0.1, 0.15) is 92.2 Å². The second-order valence-corrected chi connectivity index (χ2v) is 30.2. The first kappa shape index (κ1) is 72.8. The molecule has 2 amide bonds. The minimum absolute atomic E-state index is 0.00118. The third-order valence-electron chi connectivity index (χ3n) is 20.3. The van der Waals surface area contributed by atoms with E-state index in [2.05, 4.69) is 21.2 Å². The van der Waals surface area contributed by atoms with Gasteiger partial charge in [-0.2, -0.15) is 14.3 Å². The van der Waals surface area contributed by atoms with Crippen LogP contribution in [0.15, 0.2) is 83.9 Å². The Morgan fingerprint density at radius 3 is 2.37 bits per heavy atom. The van der Waals surface area contributed by atoms with Gasteiger partial charge < -0.3 is 52.4 Å². The van der Waals surface area contributed by atoms with Crippen molar-refractivity contribution in [3.63, 3.8) is 0 Å². The van der Waals surface area contributed by atoms with E-state index in [0.29, 0.717) is 111 Å². The van der Waals surface area contributed by atoms with Crippen LogP contribution in [0.1, 0.15) is 113 Å². The summed E-state index contributed by atoms with van der Waals surface area (Å²) in [7, 11) is 2.58. The van der Waals surface area contributed by atoms with Crippen LogP contribution in [0.5, 0.6) is 29.0 Å². The average Bonchev–Trinajstić information content (AvgIpc) is 0.927. The van der Waals surface area contributed by atoms with Crippen molar-refractivity contribution < 1.29 is 74.2 Å². The van der Waals surface area contributed by atoms with E-state index < -0.39 is 56.9 Å². The molecule has 550 valence electrons. The first-order valence-electron chi connectivity index (χ1n) is 35.2. The average molecular weight is 1450 g/mol. The summed E-state index contributed by atoms with van der Waals surface area (Å²) in [6.07, 6.45) is 9.94. The number of amides is 2. The molecule has 0 saturated carbocycles. The maximum absolute atomic E-state index is 17.9. The molecule has 8 heterocycles. The third kappa shape index (κ3) is 14.6. The predicted octanol–water partition coefficient (Wildman–Crippen LogP) is 10.3. The minimum atomic E-state index is -4.12. The van der Waals surface area contributed by atoms with Crippen molar-refractivity contribution in [1.82, 2.24) is 49.0 Å². The molecule has 0 aliphatic carbocycles. The number of hydrogen-bond donors (Lipinski definition) is 0. The highest BCUT2D eigenvalue weighted by Gasteiger charge is 2.50. The number of nitrogens with zero attached hydrogens (tertiary/aromatic N) is 11. The van der Waals surface area contributed by atoms with Crippen LogP contribution in [0, 0.1) is 30.9 Å². The number of carbonyl (C=O) groups excluding carboxylic acids is 3. The molecule has 0 N–H and O–H groups in total. The highest BCUT2D eigenvalue weighted by molar-refractivity contribution is 7.89. The number of sulfonamides is 1. The molecule has 5 atom stereocenters. The van der Waals surface area contributed by atoms with E-state index in [-0.39, 0.29) is 127 Å². The normalized spacial score (nSPS) is 20.3. The third-order valence-corrected chi connectivity index (χ3v) is 22.2. The Hall–Kier alpha value is -9.53. The van der Waals surface area contributed by atoms with Crippen molar-refractivity contribution in [3.8, 4) is 52.6 Å². The summed E-state index contributed by atoms with van der Waals surface area (Å²) in [6, 6.07) is 19.5. The number of piperazine rings is 1. The molecule has 2 bridgehead atoms. The molecule has 0 radical (unpaired) electrons. The Bertz CT molecular complexity index is 4760. The lowest BCUT2D eigenvalue weighted by Gasteiger charge is -2.42. The number of halogens is 2. The molecule has 0 spiro atoms. The van der Waals surface area contributed by atoms with Gasteiger partial charge in [-0.3, -0.25) is 24.4 Å². The Morgan fingerprint density at radius 1 is 0.875 bits per heavy atom. The highest BCUT2D eigenvalue weighted by Crippen LogP contribution is 2.44. The topological polar surface area (TPSA) is 254 Å². The maximum atomic E-state index is 17.9. The number of rotatable bonds is 22. The summed E-state index contributed by atoms with van der Waals surface area (Å²) in [5, 5.41) is 9.48. The summed E-state index contributed by atoms with van der Waals surface area (Å²) in [4.78, 5) is 64.0. The number of ether oxygens (including phenoxy) is 9. The summed E-state index contributed by atoms with van der Waals surface area (Å²) in [6.45, 7) is 13.4. The monoisotopic (exact) mass is 1450 g/mol. The largest absolute Gasteiger partial charge is 0.494 e. The molecule has 4 fully saturated rings. The number of aryl methyl sites for hydroxylation is 2. The first-order chi connectivity index (χ1) is 49.9. The van der Waals surface area contributed by atoms with Crippen molar-refractivity contribution in [3.05, 3.63) is 118 Å². The van der Waals surface area contributed by atoms with Crippen molar-refractivity contribution in [2.45, 2.75) is 139 Å². The Labute approximate surface area is 602 Å². The number of piperidine rings is 1. The number of hydrogen-bond acceptors (Lipinski definition) is 21. The van der Waals surface area contributed by atoms with E-state index in [9.17, 15) is 18.0 Å². The van der Waals surface area contributed by atoms with Crippen LogP contribution < -0.4 is 28.6 Å². The van der Waals surface area contributed by atoms with E-state index in [1.807, 2.05) is 86.7 Å². The van der Waals surface area contributed by atoms with Gasteiger partial charge in [0, 0.05) is 76.0 Å². The van der Waals surface area contributed by atoms with Gasteiger partial charge in [-0.25, -0.2) is 26.7 Å². The van der Waals surface area contributed by atoms with Gasteiger partial charge in [-0.15, -0.1) is 11.5 Å². The fraction of sp³-hybridized carbons (Fsp3) is 0.474. The lowest BCUT2D eigenvalue weighted by Crippen LogP contribution is -2.60. The Kier molecular flexibility index (Phi) is 20.9. The first-order valence-corrected chi connectivity index (χ1v) is 36.6. The molecule has 1 unspecified atom stereocenters. The van der Waals surface area contributed by atoms with Gasteiger partial charge in [0.05, 0.1) is 62.4 Å². The van der Waals surface area contributed by atoms with Gasteiger partial charge in [0.15, 0.2) is 12.6 Å². The molecule has 5 aliphatic rings. The molecule has 5 aromatic carbocycles. The Balaban J connectivity index is 0.677. The fourth-order valence-electron chi connectivity index (χ4n) is 15.2. The lowest BCUT2D eigenvalue weighted by molar-refractivity contribution is -0.147. The van der Waals surface area contributed by atoms with Crippen LogP contribution in [-0.2, 0) is 52.2 Å². The van der Waals surface area contributed by atoms with Crippen LogP contribution in [0.2, 0.25) is 0 Å². The zero-order chi connectivity index (χ0) is 73.5. The molecular weight excluding hydrogens is 1360 g/mol. The second kappa shape index (κ2) is 29.9. The summed E-state index contributed by atoms with van der Waals surface area (Å²) in [5.74, 6) is 1.60. The van der Waals surface area contributed by atoms with E-state index in [1.54, 1.807) is 48.9 Å². The van der Waals surface area contributed by atoms with E-state index in [4.69, 9.17) is 59.0 Å². The molecule has 4 saturated heterocycles. The summed E-state index contributed by atoms with van der Waals surface area (Å²) in [5.41, 5.74) is 2.32. The summed E-state index contributed by atoms with van der Waals surface area (Å²) < 4.78 is 119. The number of methoxy groups -OCH3 is 2. The number of fused-ring (bicyclic) bond motifs is 6. The molecule has 3 aromatic heterocycles.